The van der Waals surface area contributed by atoms with Crippen molar-refractivity contribution in [3.05, 3.63) is 0 Å². The lowest BCUT2D eigenvalue weighted by Gasteiger charge is -2.41. The predicted octanol–water partition coefficient (Wildman–Crippen LogP) is 2.85. The number of fused-ring (bicyclic) bond motifs is 1. The molecule has 1 heteroatoms. The number of hydrogen-bond donors (Lipinski definition) is 0. The topological polar surface area (TPSA) is 12.5 Å². The van der Waals surface area contributed by atoms with Crippen LogP contribution in [0.1, 0.15) is 41.0 Å². The first kappa shape index (κ1) is 8.55. The van der Waals surface area contributed by atoms with Crippen LogP contribution in [0.15, 0.2) is 0 Å². The van der Waals surface area contributed by atoms with Gasteiger partial charge in [0.05, 0.1) is 11.7 Å². The fourth-order valence-corrected chi connectivity index (χ4v) is 2.75. The molecule has 0 aromatic rings. The van der Waals surface area contributed by atoms with E-state index in [0.717, 1.165) is 5.92 Å². The molecule has 4 atom stereocenters. The molecule has 1 aliphatic carbocycles. The maximum Gasteiger partial charge on any atom is 0.0948 e. The quantitative estimate of drug-likeness (QED) is 0.507. The van der Waals surface area contributed by atoms with Gasteiger partial charge in [0, 0.05) is 0 Å². The van der Waals surface area contributed by atoms with E-state index in [1.807, 2.05) is 0 Å². The van der Waals surface area contributed by atoms with Crippen molar-refractivity contribution in [3.63, 3.8) is 0 Å². The highest BCUT2D eigenvalue weighted by Gasteiger charge is 2.63. The van der Waals surface area contributed by atoms with Gasteiger partial charge in [0.25, 0.3) is 0 Å². The van der Waals surface area contributed by atoms with Crippen molar-refractivity contribution < 1.29 is 4.74 Å². The van der Waals surface area contributed by atoms with Crippen LogP contribution in [0.25, 0.3) is 0 Å². The summed E-state index contributed by atoms with van der Waals surface area (Å²) in [5.41, 5.74) is 0.703. The summed E-state index contributed by atoms with van der Waals surface area (Å²) >= 11 is 0. The number of hydrogen-bond acceptors (Lipinski definition) is 1. The average Bonchev–Trinajstić information content (AvgIpc) is 2.57. The molecule has 0 bridgehead atoms. The zero-order valence-corrected chi connectivity index (χ0v) is 8.85. The van der Waals surface area contributed by atoms with Gasteiger partial charge in [-0.05, 0) is 30.6 Å². The van der Waals surface area contributed by atoms with Gasteiger partial charge in [0.1, 0.15) is 0 Å². The Labute approximate surface area is 75.5 Å². The van der Waals surface area contributed by atoms with Crippen LogP contribution in [-0.2, 0) is 4.74 Å². The van der Waals surface area contributed by atoms with Gasteiger partial charge in [-0.1, -0.05) is 27.7 Å². The minimum atomic E-state index is 0.231. The molecular formula is C11H20O. The van der Waals surface area contributed by atoms with E-state index in [1.165, 1.54) is 6.42 Å². The Morgan fingerprint density at radius 3 is 2.25 bits per heavy atom. The average molecular weight is 168 g/mol. The zero-order chi connectivity index (χ0) is 9.15. The Bertz CT molecular complexity index is 207. The maximum absolute atomic E-state index is 5.78. The van der Waals surface area contributed by atoms with Crippen molar-refractivity contribution in [2.75, 3.05) is 0 Å². The third-order valence-corrected chi connectivity index (χ3v) is 4.58. The molecular weight excluding hydrogens is 148 g/mol. The van der Waals surface area contributed by atoms with Gasteiger partial charge in [-0.15, -0.1) is 0 Å². The Kier molecular flexibility index (Phi) is 1.47. The first-order valence-corrected chi connectivity index (χ1v) is 5.06. The highest BCUT2D eigenvalue weighted by Crippen LogP contribution is 2.58. The number of ether oxygens (including phenoxy) is 1. The fraction of sp³-hybridized carbons (Fsp3) is 1.00. The molecule has 1 nitrogen and oxygen atoms in total. The summed E-state index contributed by atoms with van der Waals surface area (Å²) in [4.78, 5) is 0. The highest BCUT2D eigenvalue weighted by atomic mass is 16.6. The van der Waals surface area contributed by atoms with Gasteiger partial charge < -0.3 is 4.74 Å². The summed E-state index contributed by atoms with van der Waals surface area (Å²) in [6, 6.07) is 0. The maximum atomic E-state index is 5.78. The molecule has 0 N–H and O–H groups in total. The molecule has 2 rings (SSSR count). The van der Waals surface area contributed by atoms with Crippen LogP contribution in [0.4, 0.5) is 0 Å². The van der Waals surface area contributed by atoms with E-state index < -0.39 is 0 Å². The highest BCUT2D eigenvalue weighted by molar-refractivity contribution is 5.11. The van der Waals surface area contributed by atoms with Crippen molar-refractivity contribution in [1.29, 1.82) is 0 Å². The number of rotatable bonds is 0. The fourth-order valence-electron chi connectivity index (χ4n) is 2.75. The van der Waals surface area contributed by atoms with Crippen LogP contribution >= 0.6 is 0 Å². The van der Waals surface area contributed by atoms with Crippen LogP contribution in [-0.4, -0.2) is 11.7 Å². The molecule has 0 spiro atoms. The Balaban J connectivity index is 2.23. The van der Waals surface area contributed by atoms with Crippen LogP contribution in [0.3, 0.4) is 0 Å². The molecule has 1 aliphatic heterocycles. The number of epoxide rings is 1. The zero-order valence-electron chi connectivity index (χ0n) is 8.85. The van der Waals surface area contributed by atoms with Crippen LogP contribution in [0.5, 0.6) is 0 Å². The van der Waals surface area contributed by atoms with E-state index >= 15 is 0 Å². The van der Waals surface area contributed by atoms with E-state index in [0.29, 0.717) is 17.4 Å². The van der Waals surface area contributed by atoms with Crippen molar-refractivity contribution in [2.24, 2.45) is 17.3 Å². The largest absolute Gasteiger partial charge is 0.366 e. The normalized spacial score (nSPS) is 56.2. The van der Waals surface area contributed by atoms with Gasteiger partial charge in [-0.2, -0.15) is 0 Å². The standard InChI is InChI=1S/C11H20O/c1-7-8(2)11(5)9(12-11)6-10(7,3)4/h7-9H,6H2,1-5H3. The summed E-state index contributed by atoms with van der Waals surface area (Å²) in [5, 5.41) is 0. The Morgan fingerprint density at radius 2 is 1.67 bits per heavy atom. The SMILES string of the molecule is CC1C(C)C2(C)OC2CC1(C)C. The summed E-state index contributed by atoms with van der Waals surface area (Å²) in [6.07, 6.45) is 1.80. The second kappa shape index (κ2) is 2.06. The smallest absolute Gasteiger partial charge is 0.0948 e. The second-order valence-electron chi connectivity index (χ2n) is 5.56. The first-order chi connectivity index (χ1) is 5.38. The molecule has 1 saturated heterocycles. The van der Waals surface area contributed by atoms with Gasteiger partial charge in [-0.25, -0.2) is 0 Å². The van der Waals surface area contributed by atoms with Gasteiger partial charge in [0.2, 0.25) is 0 Å². The molecule has 2 fully saturated rings. The first-order valence-electron chi connectivity index (χ1n) is 5.06. The van der Waals surface area contributed by atoms with Crippen molar-refractivity contribution in [3.8, 4) is 0 Å². The van der Waals surface area contributed by atoms with E-state index in [4.69, 9.17) is 4.74 Å². The lowest BCUT2D eigenvalue weighted by atomic mass is 9.61. The third kappa shape index (κ3) is 0.891. The minimum absolute atomic E-state index is 0.231. The summed E-state index contributed by atoms with van der Waals surface area (Å²) in [6.45, 7) is 11.7. The summed E-state index contributed by atoms with van der Waals surface area (Å²) in [5.74, 6) is 1.49. The molecule has 12 heavy (non-hydrogen) atoms. The van der Waals surface area contributed by atoms with Gasteiger partial charge in [0.15, 0.2) is 0 Å². The lowest BCUT2D eigenvalue weighted by Crippen LogP contribution is -2.41. The molecule has 1 saturated carbocycles. The van der Waals surface area contributed by atoms with Crippen LogP contribution in [0.2, 0.25) is 0 Å². The van der Waals surface area contributed by atoms with Gasteiger partial charge in [-0.3, -0.25) is 0 Å². The molecule has 0 radical (unpaired) electrons. The van der Waals surface area contributed by atoms with Crippen LogP contribution < -0.4 is 0 Å². The third-order valence-electron chi connectivity index (χ3n) is 4.58. The monoisotopic (exact) mass is 168 g/mol. The Morgan fingerprint density at radius 1 is 1.08 bits per heavy atom. The molecule has 4 unspecified atom stereocenters. The predicted molar refractivity (Wildman–Crippen MR) is 50.0 cm³/mol. The van der Waals surface area contributed by atoms with Crippen LogP contribution in [0, 0.1) is 17.3 Å². The van der Waals surface area contributed by atoms with Crippen molar-refractivity contribution in [1.82, 2.24) is 0 Å². The molecule has 0 amide bonds. The molecule has 0 aromatic heterocycles. The second-order valence-corrected chi connectivity index (χ2v) is 5.56. The molecule has 2 aliphatic rings. The van der Waals surface area contributed by atoms with E-state index in [-0.39, 0.29) is 5.60 Å². The molecule has 70 valence electrons. The summed E-state index contributed by atoms with van der Waals surface area (Å²) in [7, 11) is 0. The van der Waals surface area contributed by atoms with E-state index in [9.17, 15) is 0 Å². The van der Waals surface area contributed by atoms with Crippen molar-refractivity contribution >= 4 is 0 Å². The minimum Gasteiger partial charge on any atom is -0.366 e. The Hall–Kier alpha value is -0.0400. The van der Waals surface area contributed by atoms with Crippen molar-refractivity contribution in [2.45, 2.75) is 52.7 Å². The van der Waals surface area contributed by atoms with E-state index in [1.54, 1.807) is 0 Å². The molecule has 0 aromatic carbocycles. The molecule has 1 heterocycles. The van der Waals surface area contributed by atoms with Gasteiger partial charge >= 0.3 is 0 Å². The van der Waals surface area contributed by atoms with E-state index in [2.05, 4.69) is 34.6 Å². The lowest BCUT2D eigenvalue weighted by molar-refractivity contribution is 0.0888. The summed E-state index contributed by atoms with van der Waals surface area (Å²) < 4.78 is 5.78.